The highest BCUT2D eigenvalue weighted by Gasteiger charge is 2.50. The number of amides is 1. The summed E-state index contributed by atoms with van der Waals surface area (Å²) in [5.41, 5.74) is 8.96. The van der Waals surface area contributed by atoms with Gasteiger partial charge >= 0.3 is 0 Å². The van der Waals surface area contributed by atoms with Crippen LogP contribution in [0, 0.1) is 24.7 Å². The van der Waals surface area contributed by atoms with Gasteiger partial charge in [0.15, 0.2) is 0 Å². The monoisotopic (exact) mass is 385 g/mol. The lowest BCUT2D eigenvalue weighted by molar-refractivity contribution is -0.138. The predicted octanol–water partition coefficient (Wildman–Crippen LogP) is 2.86. The second kappa shape index (κ2) is 8.15. The lowest BCUT2D eigenvalue weighted by Gasteiger charge is -2.39. The molecular weight excluding hydrogens is 357 g/mol. The molecule has 4 atom stereocenters. The van der Waals surface area contributed by atoms with Crippen LogP contribution in [0.15, 0.2) is 24.3 Å². The minimum absolute atomic E-state index is 0. The molecule has 2 aliphatic carbocycles. The van der Waals surface area contributed by atoms with E-state index in [1.54, 1.807) is 0 Å². The molecular formula is C19H29Cl2N3O. The molecule has 25 heavy (non-hydrogen) atoms. The number of aryl methyl sites for hydroxylation is 1. The van der Waals surface area contributed by atoms with Gasteiger partial charge in [0, 0.05) is 37.9 Å². The average molecular weight is 386 g/mol. The Morgan fingerprint density at radius 1 is 1.04 bits per heavy atom. The fourth-order valence-electron chi connectivity index (χ4n) is 5.00. The van der Waals surface area contributed by atoms with Gasteiger partial charge in [-0.3, -0.25) is 4.79 Å². The number of halogens is 2. The normalized spacial score (nSPS) is 30.6. The van der Waals surface area contributed by atoms with Crippen LogP contribution in [0.4, 0.5) is 5.69 Å². The van der Waals surface area contributed by atoms with Gasteiger partial charge in [0.2, 0.25) is 5.91 Å². The number of rotatable bonds is 2. The van der Waals surface area contributed by atoms with E-state index in [-0.39, 0.29) is 36.8 Å². The fourth-order valence-corrected chi connectivity index (χ4v) is 5.00. The molecule has 4 unspecified atom stereocenters. The van der Waals surface area contributed by atoms with Gasteiger partial charge in [0.05, 0.1) is 5.92 Å². The zero-order valence-electron chi connectivity index (χ0n) is 14.8. The van der Waals surface area contributed by atoms with Gasteiger partial charge in [0.25, 0.3) is 0 Å². The van der Waals surface area contributed by atoms with Crippen molar-refractivity contribution in [2.45, 2.75) is 32.2 Å². The highest BCUT2D eigenvalue weighted by molar-refractivity contribution is 5.85. The molecule has 1 aliphatic heterocycles. The molecule has 0 spiro atoms. The third-order valence-corrected chi connectivity index (χ3v) is 6.31. The van der Waals surface area contributed by atoms with Gasteiger partial charge in [-0.1, -0.05) is 18.2 Å². The Labute approximate surface area is 162 Å². The van der Waals surface area contributed by atoms with Crippen molar-refractivity contribution < 1.29 is 4.79 Å². The Kier molecular flexibility index (Phi) is 6.63. The SMILES string of the molecule is Cc1ccccc1N1CCN(C(=O)C2C3CCC(C3)C2N)CC1.Cl.Cl. The summed E-state index contributed by atoms with van der Waals surface area (Å²) in [6, 6.07) is 8.61. The Balaban J connectivity index is 0.00000113. The molecule has 1 heterocycles. The number of hydrogen-bond donors (Lipinski definition) is 1. The van der Waals surface area contributed by atoms with Crippen molar-refractivity contribution in [2.75, 3.05) is 31.1 Å². The van der Waals surface area contributed by atoms with Gasteiger partial charge in [0.1, 0.15) is 0 Å². The van der Waals surface area contributed by atoms with E-state index in [4.69, 9.17) is 5.73 Å². The number of nitrogens with zero attached hydrogens (tertiary/aromatic N) is 2. The van der Waals surface area contributed by atoms with Crippen LogP contribution in [0.3, 0.4) is 0 Å². The molecule has 6 heteroatoms. The van der Waals surface area contributed by atoms with Gasteiger partial charge < -0.3 is 15.5 Å². The van der Waals surface area contributed by atoms with Crippen molar-refractivity contribution in [3.63, 3.8) is 0 Å². The van der Waals surface area contributed by atoms with Crippen LogP contribution in [0.5, 0.6) is 0 Å². The number of fused-ring (bicyclic) bond motifs is 2. The molecule has 0 radical (unpaired) electrons. The van der Waals surface area contributed by atoms with Gasteiger partial charge in [-0.25, -0.2) is 0 Å². The van der Waals surface area contributed by atoms with Crippen molar-refractivity contribution in [1.82, 2.24) is 4.90 Å². The topological polar surface area (TPSA) is 49.6 Å². The number of para-hydroxylation sites is 1. The largest absolute Gasteiger partial charge is 0.368 e. The highest BCUT2D eigenvalue weighted by atomic mass is 35.5. The molecule has 140 valence electrons. The number of hydrogen-bond acceptors (Lipinski definition) is 3. The Morgan fingerprint density at radius 3 is 2.28 bits per heavy atom. The lowest BCUT2D eigenvalue weighted by atomic mass is 9.84. The van der Waals surface area contributed by atoms with Crippen LogP contribution in [0.25, 0.3) is 0 Å². The maximum Gasteiger partial charge on any atom is 0.227 e. The first-order chi connectivity index (χ1) is 11.1. The molecule has 1 amide bonds. The van der Waals surface area contributed by atoms with Crippen molar-refractivity contribution >= 4 is 36.4 Å². The minimum atomic E-state index is 0. The number of benzene rings is 1. The first-order valence-corrected chi connectivity index (χ1v) is 9.00. The van der Waals surface area contributed by atoms with Gasteiger partial charge in [-0.2, -0.15) is 0 Å². The molecule has 2 N–H and O–H groups in total. The van der Waals surface area contributed by atoms with Gasteiger partial charge in [-0.15, -0.1) is 24.8 Å². The molecule has 2 saturated carbocycles. The number of piperazine rings is 1. The lowest BCUT2D eigenvalue weighted by Crippen LogP contribution is -2.54. The summed E-state index contributed by atoms with van der Waals surface area (Å²) in [4.78, 5) is 17.4. The second-order valence-corrected chi connectivity index (χ2v) is 7.54. The van der Waals surface area contributed by atoms with E-state index in [1.807, 2.05) is 0 Å². The molecule has 4 nitrogen and oxygen atoms in total. The third-order valence-electron chi connectivity index (χ3n) is 6.31. The summed E-state index contributed by atoms with van der Waals surface area (Å²) < 4.78 is 0. The maximum absolute atomic E-state index is 12.9. The number of nitrogens with two attached hydrogens (primary N) is 1. The summed E-state index contributed by atoms with van der Waals surface area (Å²) in [5, 5.41) is 0. The van der Waals surface area contributed by atoms with Gasteiger partial charge in [-0.05, 0) is 49.7 Å². The molecule has 1 aromatic carbocycles. The van der Waals surface area contributed by atoms with Crippen LogP contribution >= 0.6 is 24.8 Å². The van der Waals surface area contributed by atoms with Crippen LogP contribution in [-0.4, -0.2) is 43.0 Å². The Morgan fingerprint density at radius 2 is 1.68 bits per heavy atom. The second-order valence-electron chi connectivity index (χ2n) is 7.54. The molecule has 1 aromatic rings. The molecule has 2 bridgehead atoms. The molecule has 0 aromatic heterocycles. The zero-order valence-corrected chi connectivity index (χ0v) is 16.4. The smallest absolute Gasteiger partial charge is 0.227 e. The van der Waals surface area contributed by atoms with Crippen LogP contribution in [0.2, 0.25) is 0 Å². The minimum Gasteiger partial charge on any atom is -0.368 e. The first-order valence-electron chi connectivity index (χ1n) is 9.00. The summed E-state index contributed by atoms with van der Waals surface area (Å²) in [6.07, 6.45) is 3.62. The first kappa shape index (κ1) is 20.3. The summed E-state index contributed by atoms with van der Waals surface area (Å²) >= 11 is 0. The van der Waals surface area contributed by atoms with E-state index in [0.717, 1.165) is 26.2 Å². The summed E-state index contributed by atoms with van der Waals surface area (Å²) in [6.45, 7) is 5.65. The standard InChI is InChI=1S/C19H27N3O.2ClH/c1-13-4-2-3-5-16(13)21-8-10-22(11-9-21)19(23)17-14-6-7-15(12-14)18(17)20;;/h2-5,14-15,17-18H,6-12,20H2,1H3;2*1H. The van der Waals surface area contributed by atoms with E-state index < -0.39 is 0 Å². The van der Waals surface area contributed by atoms with Crippen molar-refractivity contribution in [3.05, 3.63) is 29.8 Å². The highest BCUT2D eigenvalue weighted by Crippen LogP contribution is 2.48. The van der Waals surface area contributed by atoms with E-state index in [0.29, 0.717) is 17.7 Å². The quantitative estimate of drug-likeness (QED) is 0.851. The van der Waals surface area contributed by atoms with Crippen molar-refractivity contribution in [2.24, 2.45) is 23.5 Å². The molecule has 3 fully saturated rings. The number of carbonyl (C=O) groups excluding carboxylic acids is 1. The van der Waals surface area contributed by atoms with Crippen molar-refractivity contribution in [3.8, 4) is 0 Å². The molecule has 4 rings (SSSR count). The van der Waals surface area contributed by atoms with Crippen LogP contribution in [0.1, 0.15) is 24.8 Å². The average Bonchev–Trinajstić information content (AvgIpc) is 3.16. The zero-order chi connectivity index (χ0) is 16.0. The Bertz CT molecular complexity index is 602. The summed E-state index contributed by atoms with van der Waals surface area (Å²) in [5.74, 6) is 1.58. The number of anilines is 1. The number of carbonyl (C=O) groups is 1. The van der Waals surface area contributed by atoms with Crippen molar-refractivity contribution in [1.29, 1.82) is 0 Å². The Hall–Kier alpha value is -0.970. The van der Waals surface area contributed by atoms with E-state index in [9.17, 15) is 4.79 Å². The summed E-state index contributed by atoms with van der Waals surface area (Å²) in [7, 11) is 0. The van der Waals surface area contributed by atoms with E-state index in [2.05, 4.69) is 41.0 Å². The molecule has 3 aliphatic rings. The van der Waals surface area contributed by atoms with Crippen LogP contribution in [-0.2, 0) is 4.79 Å². The van der Waals surface area contributed by atoms with E-state index in [1.165, 1.54) is 30.5 Å². The fraction of sp³-hybridized carbons (Fsp3) is 0.632. The third kappa shape index (κ3) is 3.62. The maximum atomic E-state index is 12.9. The van der Waals surface area contributed by atoms with E-state index >= 15 is 0 Å². The van der Waals surface area contributed by atoms with Crippen LogP contribution < -0.4 is 10.6 Å². The molecule has 1 saturated heterocycles. The predicted molar refractivity (Wildman–Crippen MR) is 107 cm³/mol.